The molecule has 1 heterocycles. The Hall–Kier alpha value is -3.17. The van der Waals surface area contributed by atoms with Crippen LogP contribution in [-0.4, -0.2) is 24.3 Å². The minimum atomic E-state index is 0.359. The number of aromatic nitrogens is 1. The van der Waals surface area contributed by atoms with E-state index in [0.717, 1.165) is 42.9 Å². The maximum atomic E-state index is 5.88. The number of nitrogens with zero attached hydrogens (tertiary/aromatic N) is 1. The maximum absolute atomic E-state index is 5.88. The van der Waals surface area contributed by atoms with E-state index in [4.69, 9.17) is 9.47 Å². The molecule has 0 radical (unpaired) electrons. The van der Waals surface area contributed by atoms with Crippen LogP contribution in [0.2, 0.25) is 0 Å². The monoisotopic (exact) mass is 469 g/mol. The van der Waals surface area contributed by atoms with Crippen molar-refractivity contribution in [3.05, 3.63) is 91.2 Å². The quantitative estimate of drug-likeness (QED) is 0.165. The molecule has 0 N–H and O–H groups in total. The first-order valence-corrected chi connectivity index (χ1v) is 12.9. The second kappa shape index (κ2) is 15.0. The van der Waals surface area contributed by atoms with Crippen LogP contribution in [0.1, 0.15) is 57.9 Å². The highest BCUT2D eigenvalue weighted by molar-refractivity contribution is 5.70. The van der Waals surface area contributed by atoms with E-state index in [2.05, 4.69) is 86.1 Å². The van der Waals surface area contributed by atoms with Gasteiger partial charge >= 0.3 is 0 Å². The summed E-state index contributed by atoms with van der Waals surface area (Å²) < 4.78 is 11.4. The zero-order chi connectivity index (χ0) is 24.7. The van der Waals surface area contributed by atoms with Gasteiger partial charge in [-0.2, -0.15) is 0 Å². The highest BCUT2D eigenvalue weighted by atomic mass is 16.5. The molecule has 0 aliphatic heterocycles. The number of unbranched alkanes of at least 4 members (excludes halogenated alkanes) is 3. The molecule has 0 fully saturated rings. The average Bonchev–Trinajstić information content (AvgIpc) is 2.90. The summed E-state index contributed by atoms with van der Waals surface area (Å²) in [5.41, 5.74) is 5.66. The second-order valence-electron chi connectivity index (χ2n) is 8.90. The van der Waals surface area contributed by atoms with Gasteiger partial charge in [-0.05, 0) is 61.4 Å². The van der Waals surface area contributed by atoms with Crippen molar-refractivity contribution in [3.63, 3.8) is 0 Å². The number of benzene rings is 2. The van der Waals surface area contributed by atoms with E-state index in [1.54, 1.807) is 12.3 Å². The van der Waals surface area contributed by atoms with E-state index in [1.165, 1.54) is 36.0 Å². The Kier molecular flexibility index (Phi) is 11.3. The van der Waals surface area contributed by atoms with Crippen LogP contribution in [0, 0.1) is 0 Å². The molecule has 0 bridgehead atoms. The molecule has 0 saturated heterocycles. The molecule has 1 atom stereocenters. The fourth-order valence-corrected chi connectivity index (χ4v) is 3.87. The van der Waals surface area contributed by atoms with E-state index in [-0.39, 0.29) is 0 Å². The molecule has 0 amide bonds. The summed E-state index contributed by atoms with van der Waals surface area (Å²) in [4.78, 5) is 4.51. The summed E-state index contributed by atoms with van der Waals surface area (Å²) >= 11 is 0. The Labute approximate surface area is 211 Å². The van der Waals surface area contributed by atoms with Gasteiger partial charge in [-0.3, -0.25) is 4.98 Å². The summed E-state index contributed by atoms with van der Waals surface area (Å²) in [7, 11) is 0. The molecule has 2 aromatic carbocycles. The Bertz CT molecular complexity index is 1020. The minimum Gasteiger partial charge on any atom is -0.488 e. The van der Waals surface area contributed by atoms with Gasteiger partial charge in [-0.15, -0.1) is 0 Å². The Morgan fingerprint density at radius 3 is 2.26 bits per heavy atom. The SMILES string of the molecule is C=CCOc1ccc(-c2ccc(-c3ccc(C=CCCCC(C)OCCCCC)cc3)cc2)nc1. The molecule has 0 aliphatic rings. The molecule has 0 spiro atoms. The number of hydrogen-bond donors (Lipinski definition) is 0. The maximum Gasteiger partial charge on any atom is 0.138 e. The van der Waals surface area contributed by atoms with Crippen molar-refractivity contribution in [3.8, 4) is 28.1 Å². The van der Waals surface area contributed by atoms with Crippen molar-refractivity contribution >= 4 is 6.08 Å². The second-order valence-corrected chi connectivity index (χ2v) is 8.90. The van der Waals surface area contributed by atoms with Gasteiger partial charge in [0.1, 0.15) is 12.4 Å². The van der Waals surface area contributed by atoms with Gasteiger partial charge in [-0.1, -0.05) is 93.1 Å². The van der Waals surface area contributed by atoms with Gasteiger partial charge in [0.25, 0.3) is 0 Å². The number of rotatable bonds is 15. The van der Waals surface area contributed by atoms with Crippen molar-refractivity contribution in [2.75, 3.05) is 13.2 Å². The molecule has 1 aromatic heterocycles. The van der Waals surface area contributed by atoms with E-state index >= 15 is 0 Å². The molecule has 184 valence electrons. The average molecular weight is 470 g/mol. The lowest BCUT2D eigenvalue weighted by Gasteiger charge is -2.12. The van der Waals surface area contributed by atoms with Crippen LogP contribution in [0.15, 0.2) is 85.6 Å². The summed E-state index contributed by atoms with van der Waals surface area (Å²) in [6.45, 7) is 9.46. The zero-order valence-electron chi connectivity index (χ0n) is 21.3. The van der Waals surface area contributed by atoms with Crippen molar-refractivity contribution < 1.29 is 9.47 Å². The van der Waals surface area contributed by atoms with Crippen LogP contribution in [0.3, 0.4) is 0 Å². The van der Waals surface area contributed by atoms with E-state index < -0.39 is 0 Å². The van der Waals surface area contributed by atoms with Crippen LogP contribution >= 0.6 is 0 Å². The van der Waals surface area contributed by atoms with E-state index in [9.17, 15) is 0 Å². The highest BCUT2D eigenvalue weighted by Crippen LogP contribution is 2.25. The number of allylic oxidation sites excluding steroid dienone is 1. The predicted molar refractivity (Wildman–Crippen MR) is 149 cm³/mol. The lowest BCUT2D eigenvalue weighted by atomic mass is 10.0. The predicted octanol–water partition coefficient (Wildman–Crippen LogP) is 8.76. The van der Waals surface area contributed by atoms with Gasteiger partial charge < -0.3 is 9.47 Å². The first-order valence-electron chi connectivity index (χ1n) is 12.9. The number of pyridine rings is 1. The smallest absolute Gasteiger partial charge is 0.138 e. The van der Waals surface area contributed by atoms with Crippen LogP contribution in [0.4, 0.5) is 0 Å². The first-order chi connectivity index (χ1) is 17.2. The van der Waals surface area contributed by atoms with Crippen LogP contribution < -0.4 is 4.74 Å². The fraction of sp³-hybridized carbons (Fsp3) is 0.344. The Morgan fingerprint density at radius 1 is 0.886 bits per heavy atom. The molecule has 0 aliphatic carbocycles. The minimum absolute atomic E-state index is 0.359. The van der Waals surface area contributed by atoms with Crippen LogP contribution in [0.25, 0.3) is 28.5 Å². The summed E-state index contributed by atoms with van der Waals surface area (Å²) in [6.07, 6.45) is 15.4. The normalized spacial score (nSPS) is 12.1. The Morgan fingerprint density at radius 2 is 1.60 bits per heavy atom. The molecule has 1 unspecified atom stereocenters. The van der Waals surface area contributed by atoms with Gasteiger partial charge in [0.15, 0.2) is 0 Å². The number of hydrogen-bond acceptors (Lipinski definition) is 3. The molecule has 3 nitrogen and oxygen atoms in total. The van der Waals surface area contributed by atoms with Gasteiger partial charge in [0, 0.05) is 12.2 Å². The molecule has 0 saturated carbocycles. The Balaban J connectivity index is 1.45. The molecular weight excluding hydrogens is 430 g/mol. The first kappa shape index (κ1) is 26.4. The standard InChI is InChI=1S/C32H39NO2/c1-4-6-10-24-34-26(3)11-8-7-9-12-27-13-15-28(16-14-27)29-17-19-30(20-18-29)32-22-21-31(25-33-32)35-23-5-2/h5,9,12-22,25-26H,2,4,6-8,10-11,23-24H2,1,3H3. The van der Waals surface area contributed by atoms with Crippen LogP contribution in [0.5, 0.6) is 5.75 Å². The van der Waals surface area contributed by atoms with Crippen molar-refractivity contribution in [1.29, 1.82) is 0 Å². The van der Waals surface area contributed by atoms with E-state index in [0.29, 0.717) is 12.7 Å². The molecule has 3 heteroatoms. The van der Waals surface area contributed by atoms with E-state index in [1.807, 2.05) is 12.1 Å². The lowest BCUT2D eigenvalue weighted by molar-refractivity contribution is 0.0566. The topological polar surface area (TPSA) is 31.4 Å². The summed E-state index contributed by atoms with van der Waals surface area (Å²) in [6, 6.07) is 21.2. The highest BCUT2D eigenvalue weighted by Gasteiger charge is 2.03. The third-order valence-corrected chi connectivity index (χ3v) is 5.97. The molecule has 35 heavy (non-hydrogen) atoms. The third kappa shape index (κ3) is 9.18. The van der Waals surface area contributed by atoms with Gasteiger partial charge in [-0.25, -0.2) is 0 Å². The largest absolute Gasteiger partial charge is 0.488 e. The van der Waals surface area contributed by atoms with Crippen molar-refractivity contribution in [2.45, 2.75) is 58.5 Å². The molecule has 3 rings (SSSR count). The van der Waals surface area contributed by atoms with Crippen molar-refractivity contribution in [1.82, 2.24) is 4.98 Å². The zero-order valence-corrected chi connectivity index (χ0v) is 21.3. The van der Waals surface area contributed by atoms with Gasteiger partial charge in [0.2, 0.25) is 0 Å². The summed E-state index contributed by atoms with van der Waals surface area (Å²) in [5, 5.41) is 0. The summed E-state index contributed by atoms with van der Waals surface area (Å²) in [5.74, 6) is 0.751. The third-order valence-electron chi connectivity index (χ3n) is 5.97. The number of ether oxygens (including phenoxy) is 2. The fourth-order valence-electron chi connectivity index (χ4n) is 3.87. The van der Waals surface area contributed by atoms with Gasteiger partial charge in [0.05, 0.1) is 18.0 Å². The lowest BCUT2D eigenvalue weighted by Crippen LogP contribution is -2.08. The van der Waals surface area contributed by atoms with Crippen molar-refractivity contribution in [2.24, 2.45) is 0 Å². The molecule has 3 aromatic rings. The molecular formula is C32H39NO2. The van der Waals surface area contributed by atoms with Crippen LogP contribution in [-0.2, 0) is 4.74 Å².